The number of H-pyrrole nitrogens is 1. The van der Waals surface area contributed by atoms with E-state index in [0.29, 0.717) is 53.9 Å². The van der Waals surface area contributed by atoms with Crippen LogP contribution in [0.5, 0.6) is 0 Å². The normalized spacial score (nSPS) is 15.9. The van der Waals surface area contributed by atoms with Gasteiger partial charge in [0.15, 0.2) is 0 Å². The Balaban J connectivity index is 1.87. The van der Waals surface area contributed by atoms with E-state index in [1.165, 1.54) is 4.31 Å². The number of aromatic nitrogens is 2. The zero-order valence-corrected chi connectivity index (χ0v) is 15.6. The fourth-order valence-electron chi connectivity index (χ4n) is 3.29. The molecule has 0 bridgehead atoms. The van der Waals surface area contributed by atoms with E-state index in [9.17, 15) is 13.2 Å². The zero-order chi connectivity index (χ0) is 19.0. The predicted molar refractivity (Wildman–Crippen MR) is 102 cm³/mol. The average Bonchev–Trinajstić information content (AvgIpc) is 2.70. The number of fused-ring (bicyclic) bond motifs is 1. The summed E-state index contributed by atoms with van der Waals surface area (Å²) < 4.78 is 32.9. The summed E-state index contributed by atoms with van der Waals surface area (Å²) >= 11 is 0. The van der Waals surface area contributed by atoms with Gasteiger partial charge in [0.1, 0.15) is 0 Å². The van der Waals surface area contributed by atoms with Gasteiger partial charge in [-0.25, -0.2) is 13.5 Å². The number of morpholine rings is 1. The van der Waals surface area contributed by atoms with Crippen LogP contribution >= 0.6 is 0 Å². The van der Waals surface area contributed by atoms with E-state index >= 15 is 0 Å². The minimum absolute atomic E-state index is 0.249. The second-order valence-corrected chi connectivity index (χ2v) is 8.35. The lowest BCUT2D eigenvalue weighted by Crippen LogP contribution is -2.40. The SMILES string of the molecule is Cc1ccc(-c2n[nH]c(=O)c3ccccc23)cc1S(=O)(=O)N1CCOCC1. The summed E-state index contributed by atoms with van der Waals surface area (Å²) in [7, 11) is -3.63. The molecule has 1 aliphatic heterocycles. The van der Waals surface area contributed by atoms with E-state index in [4.69, 9.17) is 4.74 Å². The van der Waals surface area contributed by atoms with Crippen LogP contribution in [0.2, 0.25) is 0 Å². The first kappa shape index (κ1) is 17.8. The predicted octanol–water partition coefficient (Wildman–Crippen LogP) is 1.92. The molecule has 1 N–H and O–H groups in total. The molecule has 1 aromatic heterocycles. The minimum atomic E-state index is -3.63. The molecule has 0 amide bonds. The van der Waals surface area contributed by atoms with Crippen LogP contribution in [0.15, 0.2) is 52.2 Å². The molecule has 8 heteroatoms. The van der Waals surface area contributed by atoms with Crippen LogP contribution in [0, 0.1) is 6.92 Å². The molecule has 0 aliphatic carbocycles. The van der Waals surface area contributed by atoms with Gasteiger partial charge >= 0.3 is 0 Å². The summed E-state index contributed by atoms with van der Waals surface area (Å²) in [5.41, 5.74) is 1.57. The molecular weight excluding hydrogens is 366 g/mol. The lowest BCUT2D eigenvalue weighted by atomic mass is 10.0. The Labute approximate surface area is 156 Å². The summed E-state index contributed by atoms with van der Waals surface area (Å²) in [6, 6.07) is 12.4. The molecular formula is C19H19N3O4S. The van der Waals surface area contributed by atoms with Crippen molar-refractivity contribution >= 4 is 20.8 Å². The lowest BCUT2D eigenvalue weighted by Gasteiger charge is -2.26. The van der Waals surface area contributed by atoms with Crippen LogP contribution in [-0.4, -0.2) is 49.2 Å². The summed E-state index contributed by atoms with van der Waals surface area (Å²) in [6.45, 7) is 3.24. The van der Waals surface area contributed by atoms with Gasteiger partial charge in [0, 0.05) is 24.0 Å². The van der Waals surface area contributed by atoms with Gasteiger partial charge < -0.3 is 4.74 Å². The number of aromatic amines is 1. The van der Waals surface area contributed by atoms with Crippen LogP contribution in [0.1, 0.15) is 5.56 Å². The molecule has 0 saturated carbocycles. The van der Waals surface area contributed by atoms with E-state index in [0.717, 1.165) is 0 Å². The first-order valence-corrected chi connectivity index (χ1v) is 10.1. The highest BCUT2D eigenvalue weighted by Gasteiger charge is 2.28. The molecule has 0 unspecified atom stereocenters. The van der Waals surface area contributed by atoms with Crippen molar-refractivity contribution in [1.82, 2.24) is 14.5 Å². The van der Waals surface area contributed by atoms with Crippen molar-refractivity contribution in [1.29, 1.82) is 0 Å². The Bertz CT molecular complexity index is 1170. The third kappa shape index (κ3) is 3.16. The summed E-state index contributed by atoms with van der Waals surface area (Å²) in [5.74, 6) is 0. The number of nitrogens with zero attached hydrogens (tertiary/aromatic N) is 2. The van der Waals surface area contributed by atoms with Crippen molar-refractivity contribution in [2.45, 2.75) is 11.8 Å². The monoisotopic (exact) mass is 385 g/mol. The number of nitrogens with one attached hydrogen (secondary N) is 1. The quantitative estimate of drug-likeness (QED) is 0.744. The van der Waals surface area contributed by atoms with Gasteiger partial charge in [-0.05, 0) is 24.6 Å². The van der Waals surface area contributed by atoms with Crippen molar-refractivity contribution < 1.29 is 13.2 Å². The third-order valence-electron chi connectivity index (χ3n) is 4.75. The second kappa shape index (κ2) is 6.88. The molecule has 0 atom stereocenters. The van der Waals surface area contributed by atoms with Gasteiger partial charge in [0.25, 0.3) is 5.56 Å². The maximum Gasteiger partial charge on any atom is 0.272 e. The Hall–Kier alpha value is -2.55. The van der Waals surface area contributed by atoms with Gasteiger partial charge in [-0.2, -0.15) is 9.40 Å². The van der Waals surface area contributed by atoms with Crippen LogP contribution in [-0.2, 0) is 14.8 Å². The van der Waals surface area contributed by atoms with E-state index in [1.54, 1.807) is 31.2 Å². The fourth-order valence-corrected chi connectivity index (χ4v) is 4.94. The van der Waals surface area contributed by atoms with Gasteiger partial charge in [0.05, 0.1) is 29.2 Å². The van der Waals surface area contributed by atoms with Crippen LogP contribution in [0.4, 0.5) is 0 Å². The molecule has 0 radical (unpaired) electrons. The van der Waals surface area contributed by atoms with E-state index in [2.05, 4.69) is 10.2 Å². The van der Waals surface area contributed by atoms with Gasteiger partial charge in [-0.15, -0.1) is 0 Å². The Morgan fingerprint density at radius 3 is 2.52 bits per heavy atom. The maximum atomic E-state index is 13.1. The van der Waals surface area contributed by atoms with Crippen molar-refractivity contribution in [2.24, 2.45) is 0 Å². The van der Waals surface area contributed by atoms with Gasteiger partial charge in [-0.1, -0.05) is 30.3 Å². The van der Waals surface area contributed by atoms with Crippen molar-refractivity contribution in [3.8, 4) is 11.3 Å². The molecule has 4 rings (SSSR count). The zero-order valence-electron chi connectivity index (χ0n) is 14.8. The number of rotatable bonds is 3. The molecule has 3 aromatic rings. The van der Waals surface area contributed by atoms with Gasteiger partial charge in [0.2, 0.25) is 10.0 Å². The third-order valence-corrected chi connectivity index (χ3v) is 6.79. The first-order valence-electron chi connectivity index (χ1n) is 8.65. The number of sulfonamides is 1. The van der Waals surface area contributed by atoms with Crippen LogP contribution in [0.3, 0.4) is 0 Å². The highest BCUT2D eigenvalue weighted by molar-refractivity contribution is 7.89. The number of ether oxygens (including phenoxy) is 1. The molecule has 1 saturated heterocycles. The average molecular weight is 385 g/mol. The van der Waals surface area contributed by atoms with Crippen molar-refractivity contribution in [2.75, 3.05) is 26.3 Å². The van der Waals surface area contributed by atoms with Crippen LogP contribution < -0.4 is 5.56 Å². The Kier molecular flexibility index (Phi) is 4.55. The lowest BCUT2D eigenvalue weighted by molar-refractivity contribution is 0.0730. The number of hydrogen-bond donors (Lipinski definition) is 1. The van der Waals surface area contributed by atoms with E-state index in [-0.39, 0.29) is 10.5 Å². The number of benzene rings is 2. The topological polar surface area (TPSA) is 92.4 Å². The Morgan fingerprint density at radius 2 is 1.78 bits per heavy atom. The van der Waals surface area contributed by atoms with Crippen molar-refractivity contribution in [3.05, 3.63) is 58.4 Å². The summed E-state index contributed by atoms with van der Waals surface area (Å²) in [4.78, 5) is 12.3. The molecule has 0 spiro atoms. The molecule has 140 valence electrons. The number of aryl methyl sites for hydroxylation is 1. The molecule has 2 aromatic carbocycles. The Morgan fingerprint density at radius 1 is 1.07 bits per heavy atom. The highest BCUT2D eigenvalue weighted by Crippen LogP contribution is 2.29. The standard InChI is InChI=1S/C19H19N3O4S/c1-13-6-7-14(12-17(13)27(24,25)22-8-10-26-11-9-22)18-15-4-2-3-5-16(15)19(23)21-20-18/h2-7,12H,8-11H2,1H3,(H,21,23). The smallest absolute Gasteiger partial charge is 0.272 e. The van der Waals surface area contributed by atoms with E-state index in [1.807, 2.05) is 18.2 Å². The molecule has 7 nitrogen and oxygen atoms in total. The summed E-state index contributed by atoms with van der Waals surface area (Å²) in [5, 5.41) is 7.87. The van der Waals surface area contributed by atoms with Crippen molar-refractivity contribution in [3.63, 3.8) is 0 Å². The number of hydrogen-bond acceptors (Lipinski definition) is 5. The van der Waals surface area contributed by atoms with Crippen LogP contribution in [0.25, 0.3) is 22.0 Å². The molecule has 2 heterocycles. The molecule has 1 fully saturated rings. The molecule has 27 heavy (non-hydrogen) atoms. The molecule has 1 aliphatic rings. The van der Waals surface area contributed by atoms with E-state index < -0.39 is 10.0 Å². The first-order chi connectivity index (χ1) is 13.0. The fraction of sp³-hybridized carbons (Fsp3) is 0.263. The largest absolute Gasteiger partial charge is 0.379 e. The summed E-state index contributed by atoms with van der Waals surface area (Å²) in [6.07, 6.45) is 0. The maximum absolute atomic E-state index is 13.1. The van der Waals surface area contributed by atoms with Gasteiger partial charge in [-0.3, -0.25) is 4.79 Å². The second-order valence-electron chi connectivity index (χ2n) is 6.44. The minimum Gasteiger partial charge on any atom is -0.379 e. The highest BCUT2D eigenvalue weighted by atomic mass is 32.2.